The predicted molar refractivity (Wildman–Crippen MR) is 60.4 cm³/mol. The van der Waals surface area contributed by atoms with Crippen molar-refractivity contribution in [2.24, 2.45) is 0 Å². The van der Waals surface area contributed by atoms with Gasteiger partial charge in [0.25, 0.3) is 0 Å². The van der Waals surface area contributed by atoms with Crippen LogP contribution in [0.4, 0.5) is 0 Å². The molecular formula is C12H15N3. The average Bonchev–Trinajstić information content (AvgIpc) is 2.79. The Morgan fingerprint density at radius 2 is 2.00 bits per heavy atom. The first-order valence-electron chi connectivity index (χ1n) is 5.16. The molecule has 3 nitrogen and oxygen atoms in total. The lowest BCUT2D eigenvalue weighted by Gasteiger charge is -2.02. The topological polar surface area (TPSA) is 40.7 Å². The molecule has 2 aromatic heterocycles. The summed E-state index contributed by atoms with van der Waals surface area (Å²) in [6.07, 6.45) is 8.68. The van der Waals surface area contributed by atoms with E-state index in [0.29, 0.717) is 0 Å². The van der Waals surface area contributed by atoms with E-state index in [9.17, 15) is 0 Å². The Hall–Kier alpha value is -1.61. The highest BCUT2D eigenvalue weighted by molar-refractivity contribution is 5.10. The van der Waals surface area contributed by atoms with Crippen molar-refractivity contribution in [2.75, 3.05) is 6.54 Å². The number of H-pyrrole nitrogens is 1. The molecular weight excluding hydrogens is 186 g/mol. The molecule has 0 unspecified atom stereocenters. The van der Waals surface area contributed by atoms with Crippen molar-refractivity contribution in [1.29, 1.82) is 0 Å². The van der Waals surface area contributed by atoms with Gasteiger partial charge in [-0.25, -0.2) is 0 Å². The summed E-state index contributed by atoms with van der Waals surface area (Å²) in [7, 11) is 0. The van der Waals surface area contributed by atoms with Gasteiger partial charge in [0, 0.05) is 31.3 Å². The zero-order valence-electron chi connectivity index (χ0n) is 8.61. The minimum absolute atomic E-state index is 0.925. The Bertz CT molecular complexity index is 367. The number of aromatic nitrogens is 2. The highest BCUT2D eigenvalue weighted by Gasteiger charge is 1.93. The lowest BCUT2D eigenvalue weighted by Crippen LogP contribution is -2.16. The van der Waals surface area contributed by atoms with E-state index < -0.39 is 0 Å². The third-order valence-electron chi connectivity index (χ3n) is 2.33. The van der Waals surface area contributed by atoms with Crippen molar-refractivity contribution in [3.05, 3.63) is 54.1 Å². The molecule has 78 valence electrons. The first-order chi connectivity index (χ1) is 7.45. The highest BCUT2D eigenvalue weighted by atomic mass is 14.8. The molecule has 2 heterocycles. The van der Waals surface area contributed by atoms with Gasteiger partial charge in [-0.1, -0.05) is 0 Å². The molecule has 3 heteroatoms. The van der Waals surface area contributed by atoms with Gasteiger partial charge >= 0.3 is 0 Å². The van der Waals surface area contributed by atoms with E-state index in [1.54, 1.807) is 0 Å². The second kappa shape index (κ2) is 5.32. The van der Waals surface area contributed by atoms with Crippen molar-refractivity contribution in [3.8, 4) is 0 Å². The number of aromatic amines is 1. The lowest BCUT2D eigenvalue weighted by molar-refractivity contribution is 0.687. The van der Waals surface area contributed by atoms with Gasteiger partial charge in [-0.15, -0.1) is 0 Å². The van der Waals surface area contributed by atoms with E-state index in [-0.39, 0.29) is 0 Å². The standard InChI is InChI=1S/C12H15N3/c1-5-13-6-2-11(1)3-7-14-9-12-4-8-15-10-12/h1-2,4-6,8,10,14-15H,3,7,9H2. The summed E-state index contributed by atoms with van der Waals surface area (Å²) in [5, 5.41) is 3.40. The molecule has 0 spiro atoms. The SMILES string of the molecule is c1cc(CCNCc2cc[nH]c2)ccn1. The molecule has 0 saturated carbocycles. The Labute approximate surface area is 89.6 Å². The summed E-state index contributed by atoms with van der Waals surface area (Å²) in [6, 6.07) is 6.19. The van der Waals surface area contributed by atoms with E-state index in [0.717, 1.165) is 19.5 Å². The fourth-order valence-electron chi connectivity index (χ4n) is 1.48. The summed E-state index contributed by atoms with van der Waals surface area (Å²) in [5.41, 5.74) is 2.62. The van der Waals surface area contributed by atoms with Crippen LogP contribution in [0, 0.1) is 0 Å². The van der Waals surface area contributed by atoms with Gasteiger partial charge in [0.15, 0.2) is 0 Å². The van der Waals surface area contributed by atoms with Crippen molar-refractivity contribution < 1.29 is 0 Å². The molecule has 0 atom stereocenters. The van der Waals surface area contributed by atoms with Crippen LogP contribution in [-0.4, -0.2) is 16.5 Å². The highest BCUT2D eigenvalue weighted by Crippen LogP contribution is 1.98. The molecule has 0 aliphatic heterocycles. The second-order valence-corrected chi connectivity index (χ2v) is 3.50. The summed E-state index contributed by atoms with van der Waals surface area (Å²) in [4.78, 5) is 7.03. The maximum absolute atomic E-state index is 3.99. The molecule has 2 aromatic rings. The zero-order valence-corrected chi connectivity index (χ0v) is 8.61. The van der Waals surface area contributed by atoms with Gasteiger partial charge in [0.05, 0.1) is 0 Å². The van der Waals surface area contributed by atoms with Crippen molar-refractivity contribution in [1.82, 2.24) is 15.3 Å². The van der Waals surface area contributed by atoms with Gasteiger partial charge < -0.3 is 10.3 Å². The molecule has 0 amide bonds. The van der Waals surface area contributed by atoms with E-state index in [1.807, 2.05) is 24.8 Å². The van der Waals surface area contributed by atoms with Gasteiger partial charge in [0.1, 0.15) is 0 Å². The summed E-state index contributed by atoms with van der Waals surface area (Å²) in [5.74, 6) is 0. The molecule has 0 aliphatic rings. The van der Waals surface area contributed by atoms with Gasteiger partial charge in [0.2, 0.25) is 0 Å². The number of rotatable bonds is 5. The largest absolute Gasteiger partial charge is 0.367 e. The smallest absolute Gasteiger partial charge is 0.0270 e. The number of nitrogens with one attached hydrogen (secondary N) is 2. The molecule has 2 rings (SSSR count). The van der Waals surface area contributed by atoms with Crippen LogP contribution in [0.3, 0.4) is 0 Å². The quantitative estimate of drug-likeness (QED) is 0.723. The summed E-state index contributed by atoms with van der Waals surface area (Å²) in [6.45, 7) is 1.92. The number of hydrogen-bond acceptors (Lipinski definition) is 2. The Morgan fingerprint density at radius 1 is 1.13 bits per heavy atom. The van der Waals surface area contributed by atoms with E-state index in [1.165, 1.54) is 11.1 Å². The van der Waals surface area contributed by atoms with Crippen LogP contribution in [0.15, 0.2) is 43.0 Å². The molecule has 2 N–H and O–H groups in total. The first kappa shape index (κ1) is 9.93. The number of pyridine rings is 1. The third kappa shape index (κ3) is 3.22. The first-order valence-corrected chi connectivity index (χ1v) is 5.16. The monoisotopic (exact) mass is 201 g/mol. The molecule has 0 bridgehead atoms. The van der Waals surface area contributed by atoms with Gasteiger partial charge in [-0.2, -0.15) is 0 Å². The molecule has 15 heavy (non-hydrogen) atoms. The summed E-state index contributed by atoms with van der Waals surface area (Å²) < 4.78 is 0. The van der Waals surface area contributed by atoms with Crippen LogP contribution < -0.4 is 5.32 Å². The van der Waals surface area contributed by atoms with Gasteiger partial charge in [-0.3, -0.25) is 4.98 Å². The summed E-state index contributed by atoms with van der Waals surface area (Å²) >= 11 is 0. The van der Waals surface area contributed by atoms with Crippen LogP contribution in [-0.2, 0) is 13.0 Å². The van der Waals surface area contributed by atoms with E-state index >= 15 is 0 Å². The van der Waals surface area contributed by atoms with E-state index in [2.05, 4.69) is 33.5 Å². The maximum Gasteiger partial charge on any atom is 0.0270 e. The van der Waals surface area contributed by atoms with Crippen LogP contribution in [0.25, 0.3) is 0 Å². The molecule has 0 aliphatic carbocycles. The Morgan fingerprint density at radius 3 is 2.73 bits per heavy atom. The van der Waals surface area contributed by atoms with Crippen molar-refractivity contribution in [3.63, 3.8) is 0 Å². The minimum Gasteiger partial charge on any atom is -0.367 e. The Balaban J connectivity index is 1.68. The van der Waals surface area contributed by atoms with Crippen molar-refractivity contribution >= 4 is 0 Å². The van der Waals surface area contributed by atoms with Gasteiger partial charge in [-0.05, 0) is 42.3 Å². The minimum atomic E-state index is 0.925. The fraction of sp³-hybridized carbons (Fsp3) is 0.250. The lowest BCUT2D eigenvalue weighted by atomic mass is 10.2. The Kier molecular flexibility index (Phi) is 3.52. The van der Waals surface area contributed by atoms with E-state index in [4.69, 9.17) is 0 Å². The zero-order chi connectivity index (χ0) is 10.3. The van der Waals surface area contributed by atoms with Crippen LogP contribution in [0.5, 0.6) is 0 Å². The third-order valence-corrected chi connectivity index (χ3v) is 2.33. The molecule has 0 saturated heterocycles. The van der Waals surface area contributed by atoms with Crippen LogP contribution in [0.2, 0.25) is 0 Å². The maximum atomic E-state index is 3.99. The number of nitrogens with zero attached hydrogens (tertiary/aromatic N) is 1. The van der Waals surface area contributed by atoms with Crippen molar-refractivity contribution in [2.45, 2.75) is 13.0 Å². The predicted octanol–water partition coefficient (Wildman–Crippen LogP) is 1.74. The van der Waals surface area contributed by atoms with Crippen LogP contribution in [0.1, 0.15) is 11.1 Å². The molecule has 0 radical (unpaired) electrons. The van der Waals surface area contributed by atoms with Crippen LogP contribution >= 0.6 is 0 Å². The molecule has 0 fully saturated rings. The number of hydrogen-bond donors (Lipinski definition) is 2. The second-order valence-electron chi connectivity index (χ2n) is 3.50. The normalized spacial score (nSPS) is 10.4. The fourth-order valence-corrected chi connectivity index (χ4v) is 1.48. The average molecular weight is 201 g/mol. The molecule has 0 aromatic carbocycles.